The second-order valence-corrected chi connectivity index (χ2v) is 6.29. The van der Waals surface area contributed by atoms with Crippen LogP contribution in [0.2, 0.25) is 0 Å². The minimum Gasteiger partial charge on any atom is -0.394 e. The summed E-state index contributed by atoms with van der Waals surface area (Å²) in [6.45, 7) is -0.939. The van der Waals surface area contributed by atoms with Crippen molar-refractivity contribution in [2.75, 3.05) is 17.7 Å². The van der Waals surface area contributed by atoms with Gasteiger partial charge in [-0.1, -0.05) is 6.07 Å². The molecule has 1 rings (SSSR count). The zero-order chi connectivity index (χ0) is 17.8. The quantitative estimate of drug-likeness (QED) is 0.164. The molecule has 5 unspecified atom stereocenters. The molecule has 0 saturated carbocycles. The summed E-state index contributed by atoms with van der Waals surface area (Å²) in [6.07, 6.45) is -8.34. The van der Waals surface area contributed by atoms with Crippen LogP contribution in [-0.2, 0) is 10.1 Å². The number of anilines is 2. The predicted octanol–water partition coefficient (Wildman–Crippen LogP) is -3.66. The van der Waals surface area contributed by atoms with Gasteiger partial charge in [0.05, 0.1) is 6.61 Å². The van der Waals surface area contributed by atoms with Crippen molar-refractivity contribution in [1.82, 2.24) is 4.98 Å². The molecule has 0 aliphatic heterocycles. The van der Waals surface area contributed by atoms with Crippen LogP contribution in [0.15, 0.2) is 18.2 Å². The fourth-order valence-corrected chi connectivity index (χ4v) is 2.51. The van der Waals surface area contributed by atoms with Crippen LogP contribution in [0.5, 0.6) is 0 Å². The minimum absolute atomic E-state index is 0. The summed E-state index contributed by atoms with van der Waals surface area (Å²) in [6, 6.07) is 4.10. The molecular weight excluding hydrogens is 357 g/mol. The van der Waals surface area contributed by atoms with Crippen LogP contribution in [0.3, 0.4) is 0 Å². The SMILES string of the molecule is Nc1cccc(NC(C(O)C(O)C(O)C(O)CO)S(=O)(=O)O)n1.[Na]. The van der Waals surface area contributed by atoms with Gasteiger partial charge in [0.15, 0.2) is 5.37 Å². The molecule has 24 heavy (non-hydrogen) atoms. The molecule has 0 saturated heterocycles. The summed E-state index contributed by atoms with van der Waals surface area (Å²) in [5.41, 5.74) is 5.41. The number of hydrogen-bond acceptors (Lipinski definition) is 10. The van der Waals surface area contributed by atoms with Gasteiger partial charge in [-0.3, -0.25) is 4.55 Å². The second kappa shape index (κ2) is 9.82. The van der Waals surface area contributed by atoms with Crippen LogP contribution >= 0.6 is 0 Å². The third-order valence-corrected chi connectivity index (χ3v) is 4.01. The van der Waals surface area contributed by atoms with Crippen LogP contribution in [0, 0.1) is 0 Å². The van der Waals surface area contributed by atoms with Gasteiger partial charge in [0.1, 0.15) is 36.1 Å². The number of aliphatic hydroxyl groups is 5. The van der Waals surface area contributed by atoms with E-state index in [0.29, 0.717) is 0 Å². The summed E-state index contributed by atoms with van der Waals surface area (Å²) < 4.78 is 32.0. The number of nitrogens with zero attached hydrogens (tertiary/aromatic N) is 1. The number of aromatic nitrogens is 1. The van der Waals surface area contributed by atoms with Gasteiger partial charge in [-0.2, -0.15) is 8.42 Å². The zero-order valence-corrected chi connectivity index (χ0v) is 15.6. The number of pyridine rings is 1. The van der Waals surface area contributed by atoms with Gasteiger partial charge in [-0.25, -0.2) is 4.98 Å². The van der Waals surface area contributed by atoms with E-state index in [-0.39, 0.29) is 41.2 Å². The Morgan fingerprint density at radius 2 is 1.71 bits per heavy atom. The van der Waals surface area contributed by atoms with E-state index in [4.69, 9.17) is 10.8 Å². The van der Waals surface area contributed by atoms with E-state index in [9.17, 15) is 33.4 Å². The van der Waals surface area contributed by atoms with Crippen LogP contribution in [-0.4, -0.2) is 109 Å². The van der Waals surface area contributed by atoms with E-state index < -0.39 is 46.5 Å². The van der Waals surface area contributed by atoms with Gasteiger partial charge in [0.2, 0.25) is 0 Å². The molecule has 1 radical (unpaired) electrons. The first-order chi connectivity index (χ1) is 10.6. The average molecular weight is 376 g/mol. The molecule has 0 spiro atoms. The first kappa shape index (κ1) is 23.5. The molecule has 0 aromatic carbocycles. The van der Waals surface area contributed by atoms with Crippen molar-refractivity contribution in [2.45, 2.75) is 29.8 Å². The van der Waals surface area contributed by atoms with Crippen LogP contribution < -0.4 is 11.1 Å². The Labute approximate surface area is 160 Å². The number of rotatable bonds is 8. The third kappa shape index (κ3) is 6.40. The average Bonchev–Trinajstić information content (AvgIpc) is 2.48. The molecule has 0 bridgehead atoms. The summed E-state index contributed by atoms with van der Waals surface area (Å²) in [4.78, 5) is 3.71. The van der Waals surface area contributed by atoms with Gasteiger partial charge in [-0.05, 0) is 12.1 Å². The Balaban J connectivity index is 0.00000529. The molecular formula is C11H19N3NaO8S. The van der Waals surface area contributed by atoms with Gasteiger partial charge in [0, 0.05) is 29.6 Å². The first-order valence-corrected chi connectivity index (χ1v) is 7.86. The van der Waals surface area contributed by atoms with E-state index in [1.54, 1.807) is 0 Å². The third-order valence-electron chi connectivity index (χ3n) is 2.97. The van der Waals surface area contributed by atoms with Gasteiger partial charge < -0.3 is 36.6 Å². The molecule has 0 aliphatic carbocycles. The smallest absolute Gasteiger partial charge is 0.288 e. The Kier molecular flexibility index (Phi) is 9.60. The largest absolute Gasteiger partial charge is 0.394 e. The second-order valence-electron chi connectivity index (χ2n) is 4.75. The maximum Gasteiger partial charge on any atom is 0.288 e. The maximum atomic E-state index is 11.4. The number of nitrogens with one attached hydrogen (secondary N) is 1. The molecule has 1 aromatic heterocycles. The summed E-state index contributed by atoms with van der Waals surface area (Å²) in [5, 5.41) is 47.0. The topological polar surface area (TPSA) is 206 Å². The standard InChI is InChI=1S/C11H19N3O8S.Na/c12-6-2-1-3-7(13-6)14-11(23(20,21)22)10(19)9(18)8(17)5(16)4-15;/h1-3,5,8-11,15-19H,4H2,(H3,12,13,14)(H,20,21,22);. The van der Waals surface area contributed by atoms with Crippen LogP contribution in [0.1, 0.15) is 0 Å². The molecule has 11 nitrogen and oxygen atoms in total. The van der Waals surface area contributed by atoms with E-state index in [2.05, 4.69) is 10.3 Å². The number of hydrogen-bond donors (Lipinski definition) is 8. The van der Waals surface area contributed by atoms with Crippen molar-refractivity contribution in [3.63, 3.8) is 0 Å². The fraction of sp³-hybridized carbons (Fsp3) is 0.545. The Hall–Kier alpha value is -0.540. The zero-order valence-electron chi connectivity index (χ0n) is 12.8. The number of aliphatic hydroxyl groups excluding tert-OH is 5. The normalized spacial score (nSPS) is 17.9. The van der Waals surface area contributed by atoms with E-state index in [0.717, 1.165) is 0 Å². The number of nitrogens with two attached hydrogens (primary N) is 1. The molecule has 0 aliphatic rings. The first-order valence-electron chi connectivity index (χ1n) is 6.36. The maximum absolute atomic E-state index is 11.4. The van der Waals surface area contributed by atoms with Crippen molar-refractivity contribution in [3.05, 3.63) is 18.2 Å². The molecule has 0 fully saturated rings. The summed E-state index contributed by atoms with van der Waals surface area (Å²) in [7, 11) is -4.94. The van der Waals surface area contributed by atoms with Crippen molar-refractivity contribution < 1.29 is 38.5 Å². The molecule has 0 amide bonds. The fourth-order valence-electron chi connectivity index (χ4n) is 1.73. The Bertz CT molecular complexity index is 619. The van der Waals surface area contributed by atoms with Crippen molar-refractivity contribution >= 4 is 51.3 Å². The van der Waals surface area contributed by atoms with Gasteiger partial charge >= 0.3 is 0 Å². The van der Waals surface area contributed by atoms with Crippen molar-refractivity contribution in [1.29, 1.82) is 0 Å². The van der Waals surface area contributed by atoms with Crippen LogP contribution in [0.25, 0.3) is 0 Å². The molecule has 133 valence electrons. The molecule has 1 heterocycles. The number of nitrogen functional groups attached to an aromatic ring is 1. The minimum atomic E-state index is -4.94. The molecule has 13 heteroatoms. The predicted molar refractivity (Wildman–Crippen MR) is 84.5 cm³/mol. The Morgan fingerprint density at radius 1 is 1.12 bits per heavy atom. The van der Waals surface area contributed by atoms with Gasteiger partial charge in [0.25, 0.3) is 10.1 Å². The Morgan fingerprint density at radius 3 is 2.17 bits per heavy atom. The molecule has 9 N–H and O–H groups in total. The summed E-state index contributed by atoms with van der Waals surface area (Å²) in [5.74, 6) is -0.106. The van der Waals surface area contributed by atoms with Crippen molar-refractivity contribution in [2.24, 2.45) is 0 Å². The van der Waals surface area contributed by atoms with E-state index in [1.165, 1.54) is 18.2 Å². The van der Waals surface area contributed by atoms with Crippen LogP contribution in [0.4, 0.5) is 11.6 Å². The van der Waals surface area contributed by atoms with E-state index in [1.807, 2.05) is 0 Å². The van der Waals surface area contributed by atoms with Gasteiger partial charge in [-0.15, -0.1) is 0 Å². The monoisotopic (exact) mass is 376 g/mol. The van der Waals surface area contributed by atoms with E-state index >= 15 is 0 Å². The molecule has 1 aromatic rings. The summed E-state index contributed by atoms with van der Waals surface area (Å²) >= 11 is 0. The van der Waals surface area contributed by atoms with Crippen molar-refractivity contribution in [3.8, 4) is 0 Å². The molecule has 5 atom stereocenters.